The molecule has 6 bridgehead atoms. The molecule has 0 spiro atoms. The monoisotopic (exact) mass is 631 g/mol. The van der Waals surface area contributed by atoms with Crippen LogP contribution in [0.2, 0.25) is 0 Å². The van der Waals surface area contributed by atoms with Gasteiger partial charge in [-0.3, -0.25) is 14.6 Å². The third kappa shape index (κ3) is 13.4. The molecule has 0 amide bonds. The Morgan fingerprint density at radius 3 is 1.33 bits per heavy atom. The van der Waals surface area contributed by atoms with E-state index in [9.17, 15) is 9.59 Å². The first kappa shape index (κ1) is 34.1. The van der Waals surface area contributed by atoms with Gasteiger partial charge in [0.05, 0.1) is 90.7 Å². The lowest BCUT2D eigenvalue weighted by Crippen LogP contribution is -2.26. The zero-order valence-corrected chi connectivity index (χ0v) is 25.4. The number of aromatic nitrogens is 5. The lowest BCUT2D eigenvalue weighted by atomic mass is 10.3. The predicted molar refractivity (Wildman–Crippen MR) is 159 cm³/mol. The van der Waals surface area contributed by atoms with Gasteiger partial charge in [-0.2, -0.15) is 0 Å². The molecule has 0 aromatic carbocycles. The summed E-state index contributed by atoms with van der Waals surface area (Å²) in [6.07, 6.45) is 0.443. The highest BCUT2D eigenvalue weighted by atomic mass is 16.6. The van der Waals surface area contributed by atoms with Gasteiger partial charge in [0.25, 0.3) is 11.1 Å². The number of hydrogen-bond acceptors (Lipinski definition) is 13. The number of nitrogens with zero attached hydrogens (tertiary/aromatic N) is 5. The minimum absolute atomic E-state index is 0.260. The van der Waals surface area contributed by atoms with Crippen LogP contribution in [-0.4, -0.2) is 104 Å². The van der Waals surface area contributed by atoms with Crippen molar-refractivity contribution in [3.05, 3.63) is 74.6 Å². The van der Waals surface area contributed by atoms with Crippen molar-refractivity contribution in [1.82, 2.24) is 24.5 Å². The molecule has 3 aromatic rings. The average Bonchev–Trinajstić information content (AvgIpc) is 3.05. The van der Waals surface area contributed by atoms with E-state index in [2.05, 4.69) is 15.2 Å². The van der Waals surface area contributed by atoms with Crippen molar-refractivity contribution in [1.29, 1.82) is 0 Å². The van der Waals surface area contributed by atoms with Gasteiger partial charge in [0.1, 0.15) is 13.2 Å². The Bertz CT molecular complexity index is 1290. The van der Waals surface area contributed by atoms with Crippen molar-refractivity contribution in [2.75, 3.05) is 79.3 Å². The number of fused-ring (bicyclic) bond motifs is 6. The molecule has 246 valence electrons. The normalized spacial score (nSPS) is 18.0. The summed E-state index contributed by atoms with van der Waals surface area (Å²) >= 11 is 0. The summed E-state index contributed by atoms with van der Waals surface area (Å²) < 4.78 is 47.4. The Balaban J connectivity index is 1.25. The molecule has 45 heavy (non-hydrogen) atoms. The van der Waals surface area contributed by atoms with Crippen LogP contribution in [0, 0.1) is 0 Å². The van der Waals surface area contributed by atoms with E-state index in [0.717, 1.165) is 11.4 Å². The van der Waals surface area contributed by atoms with Gasteiger partial charge in [-0.05, 0) is 18.6 Å². The van der Waals surface area contributed by atoms with Crippen molar-refractivity contribution >= 4 is 0 Å². The SMILES string of the molecule is O=c1ccc2nn1CCCn1nc(ccc1=O)OCCOCCOCCOCc1cccc(n1)COCCOCCOCCO2. The molecule has 15 heteroatoms. The molecule has 1 aliphatic rings. The van der Waals surface area contributed by atoms with Gasteiger partial charge in [0.15, 0.2) is 0 Å². The molecule has 0 saturated heterocycles. The molecule has 4 rings (SSSR count). The first-order chi connectivity index (χ1) is 22.2. The topological polar surface area (TPSA) is 157 Å². The third-order valence-corrected chi connectivity index (χ3v) is 6.23. The number of ether oxygens (including phenoxy) is 8. The summed E-state index contributed by atoms with van der Waals surface area (Å²) in [6.45, 7) is 5.86. The van der Waals surface area contributed by atoms with Crippen molar-refractivity contribution in [3.63, 3.8) is 0 Å². The summed E-state index contributed by atoms with van der Waals surface area (Å²) in [4.78, 5) is 29.1. The second-order valence-corrected chi connectivity index (χ2v) is 9.69. The third-order valence-electron chi connectivity index (χ3n) is 6.23. The first-order valence-electron chi connectivity index (χ1n) is 15.0. The van der Waals surface area contributed by atoms with Crippen LogP contribution in [0.4, 0.5) is 0 Å². The minimum Gasteiger partial charge on any atom is -0.474 e. The summed E-state index contributed by atoms with van der Waals surface area (Å²) in [7, 11) is 0. The number of hydrogen-bond donors (Lipinski definition) is 0. The molecule has 0 fully saturated rings. The van der Waals surface area contributed by atoms with Crippen LogP contribution >= 0.6 is 0 Å². The van der Waals surface area contributed by atoms with E-state index in [4.69, 9.17) is 37.9 Å². The van der Waals surface area contributed by atoms with Gasteiger partial charge >= 0.3 is 0 Å². The van der Waals surface area contributed by atoms with Crippen LogP contribution in [0.25, 0.3) is 0 Å². The highest BCUT2D eigenvalue weighted by Gasteiger charge is 2.06. The smallest absolute Gasteiger partial charge is 0.266 e. The lowest BCUT2D eigenvalue weighted by Gasteiger charge is -2.11. The highest BCUT2D eigenvalue weighted by Crippen LogP contribution is 2.05. The lowest BCUT2D eigenvalue weighted by molar-refractivity contribution is 0.00386. The van der Waals surface area contributed by atoms with Gasteiger partial charge in [-0.25, -0.2) is 9.36 Å². The zero-order valence-electron chi connectivity index (χ0n) is 25.4. The van der Waals surface area contributed by atoms with Crippen molar-refractivity contribution in [2.24, 2.45) is 0 Å². The molecular weight excluding hydrogens is 590 g/mol. The fourth-order valence-corrected chi connectivity index (χ4v) is 4.04. The Labute approximate surface area is 260 Å². The first-order valence-corrected chi connectivity index (χ1v) is 15.0. The largest absolute Gasteiger partial charge is 0.474 e. The fourth-order valence-electron chi connectivity index (χ4n) is 4.04. The van der Waals surface area contributed by atoms with Gasteiger partial charge < -0.3 is 37.9 Å². The van der Waals surface area contributed by atoms with Gasteiger partial charge in [0, 0.05) is 37.4 Å². The van der Waals surface area contributed by atoms with Gasteiger partial charge in [-0.1, -0.05) is 6.07 Å². The summed E-state index contributed by atoms with van der Waals surface area (Å²) in [5, 5.41) is 8.50. The maximum atomic E-state index is 12.3. The molecule has 0 aliphatic carbocycles. The fraction of sp³-hybridized carbons (Fsp3) is 0.567. The standard InChI is InChI=1S/C30H41N5O10/c36-29-7-5-27-32-34(29)9-2-10-35-30(37)8-6-28(33-35)45-22-20-41-14-12-39-16-18-43-24-26-4-1-3-25(31-26)23-42-17-15-38-11-13-40-19-21-44-27/h1,3-8H,2,9-24H2. The average molecular weight is 632 g/mol. The molecule has 1 aliphatic heterocycles. The molecule has 0 radical (unpaired) electrons. The second kappa shape index (κ2) is 20.3. The van der Waals surface area contributed by atoms with Crippen molar-refractivity contribution < 1.29 is 37.9 Å². The summed E-state index contributed by atoms with van der Waals surface area (Å²) in [5.41, 5.74) is 1.08. The van der Waals surface area contributed by atoms with Crippen LogP contribution < -0.4 is 20.6 Å². The van der Waals surface area contributed by atoms with Crippen LogP contribution in [0.5, 0.6) is 11.8 Å². The Morgan fingerprint density at radius 1 is 0.489 bits per heavy atom. The van der Waals surface area contributed by atoms with Crippen molar-refractivity contribution in [3.8, 4) is 11.8 Å². The van der Waals surface area contributed by atoms with Crippen molar-refractivity contribution in [2.45, 2.75) is 32.7 Å². The Morgan fingerprint density at radius 2 is 0.889 bits per heavy atom. The van der Waals surface area contributed by atoms with Crippen LogP contribution in [0.1, 0.15) is 17.8 Å². The quantitative estimate of drug-likeness (QED) is 0.345. The molecular formula is C30H41N5O10. The summed E-state index contributed by atoms with van der Waals surface area (Å²) in [6, 6.07) is 11.5. The van der Waals surface area contributed by atoms with E-state index in [1.165, 1.54) is 33.6 Å². The van der Waals surface area contributed by atoms with Crippen LogP contribution in [-0.2, 0) is 54.7 Å². The number of rotatable bonds is 0. The maximum Gasteiger partial charge on any atom is 0.266 e. The minimum atomic E-state index is -0.274. The van der Waals surface area contributed by atoms with Crippen LogP contribution in [0.15, 0.2) is 52.1 Å². The molecule has 0 N–H and O–H groups in total. The molecule has 0 saturated carbocycles. The molecule has 15 nitrogen and oxygen atoms in total. The van der Waals surface area contributed by atoms with Gasteiger partial charge in [0.2, 0.25) is 11.8 Å². The highest BCUT2D eigenvalue weighted by molar-refractivity contribution is 5.10. The molecule has 0 atom stereocenters. The van der Waals surface area contributed by atoms with E-state index in [1.54, 1.807) is 0 Å². The second-order valence-electron chi connectivity index (χ2n) is 9.69. The Kier molecular flexibility index (Phi) is 15.4. The van der Waals surface area contributed by atoms with Gasteiger partial charge in [-0.15, -0.1) is 10.2 Å². The van der Waals surface area contributed by atoms with E-state index < -0.39 is 0 Å². The molecule has 0 unspecified atom stereocenters. The van der Waals surface area contributed by atoms with E-state index >= 15 is 0 Å². The number of pyridine rings is 1. The summed E-state index contributed by atoms with van der Waals surface area (Å²) in [5.74, 6) is 0.603. The maximum absolute atomic E-state index is 12.3. The van der Waals surface area contributed by atoms with E-state index in [0.29, 0.717) is 97.5 Å². The zero-order chi connectivity index (χ0) is 31.4. The van der Waals surface area contributed by atoms with E-state index in [1.807, 2.05) is 18.2 Å². The van der Waals surface area contributed by atoms with Crippen LogP contribution in [0.3, 0.4) is 0 Å². The van der Waals surface area contributed by atoms with E-state index in [-0.39, 0.29) is 37.4 Å². The molecule has 3 aromatic heterocycles. The molecule has 4 heterocycles. The predicted octanol–water partition coefficient (Wildman–Crippen LogP) is 0.856. The number of aryl methyl sites for hydroxylation is 2. The Hall–Kier alpha value is -3.73.